The number of nitrogens with zero attached hydrogens (tertiary/aromatic N) is 1. The van der Waals surface area contributed by atoms with Gasteiger partial charge in [-0.3, -0.25) is 0 Å². The summed E-state index contributed by atoms with van der Waals surface area (Å²) in [7, 11) is 0. The number of rotatable bonds is 4. The smallest absolute Gasteiger partial charge is 0.0578 e. The number of hydrogen-bond donors (Lipinski definition) is 1. The van der Waals surface area contributed by atoms with E-state index >= 15 is 0 Å². The summed E-state index contributed by atoms with van der Waals surface area (Å²) < 4.78 is 0. The molecule has 0 amide bonds. The first-order valence-corrected chi connectivity index (χ1v) is 8.22. The second-order valence-electron chi connectivity index (χ2n) is 5.56. The first kappa shape index (κ1) is 13.5. The molecule has 0 saturated carbocycles. The minimum absolute atomic E-state index is 0.363. The molecule has 0 spiro atoms. The molecule has 20 heavy (non-hydrogen) atoms. The zero-order valence-electron chi connectivity index (χ0n) is 12.2. The Balaban J connectivity index is 1.72. The maximum Gasteiger partial charge on any atom is 0.0578 e. The molecule has 1 aromatic heterocycles. The zero-order chi connectivity index (χ0) is 13.9. The van der Waals surface area contributed by atoms with E-state index in [2.05, 4.69) is 60.5 Å². The fraction of sp³-hybridized carbons (Fsp3) is 0.412. The Morgan fingerprint density at radius 1 is 1.15 bits per heavy atom. The Morgan fingerprint density at radius 2 is 1.95 bits per heavy atom. The van der Waals surface area contributed by atoms with Gasteiger partial charge in [0.2, 0.25) is 0 Å². The van der Waals surface area contributed by atoms with E-state index in [1.165, 1.54) is 47.1 Å². The Kier molecular flexibility index (Phi) is 3.97. The molecular weight excluding hydrogens is 264 g/mol. The van der Waals surface area contributed by atoms with E-state index in [9.17, 15) is 0 Å². The standard InChI is InChI=1S/C17H22N2S/c1-13-8-9-17(20-13)14(2)18-15-6-5-7-16(12-15)19-10-3-4-11-19/h5-9,12,14,18H,3-4,10-11H2,1-2H3. The average Bonchev–Trinajstić information content (AvgIpc) is 3.10. The quantitative estimate of drug-likeness (QED) is 0.866. The Morgan fingerprint density at radius 3 is 2.65 bits per heavy atom. The fourth-order valence-corrected chi connectivity index (χ4v) is 3.65. The van der Waals surface area contributed by atoms with E-state index in [0.29, 0.717) is 6.04 Å². The number of hydrogen-bond acceptors (Lipinski definition) is 3. The van der Waals surface area contributed by atoms with Gasteiger partial charge in [-0.25, -0.2) is 0 Å². The highest BCUT2D eigenvalue weighted by Gasteiger charge is 2.13. The predicted molar refractivity (Wildman–Crippen MR) is 89.0 cm³/mol. The summed E-state index contributed by atoms with van der Waals surface area (Å²) in [6.07, 6.45) is 2.64. The first-order valence-electron chi connectivity index (χ1n) is 7.40. The van der Waals surface area contributed by atoms with Gasteiger partial charge in [0.15, 0.2) is 0 Å². The minimum Gasteiger partial charge on any atom is -0.378 e. The summed E-state index contributed by atoms with van der Waals surface area (Å²) in [5.41, 5.74) is 2.56. The van der Waals surface area contributed by atoms with E-state index in [0.717, 1.165) is 0 Å². The van der Waals surface area contributed by atoms with Crippen LogP contribution in [0, 0.1) is 6.92 Å². The zero-order valence-corrected chi connectivity index (χ0v) is 13.0. The van der Waals surface area contributed by atoms with Crippen LogP contribution in [0.25, 0.3) is 0 Å². The van der Waals surface area contributed by atoms with Gasteiger partial charge in [0, 0.05) is 34.2 Å². The van der Waals surface area contributed by atoms with E-state index in [1.807, 2.05) is 11.3 Å². The molecule has 2 nitrogen and oxygen atoms in total. The van der Waals surface area contributed by atoms with Gasteiger partial charge >= 0.3 is 0 Å². The lowest BCUT2D eigenvalue weighted by Gasteiger charge is -2.20. The van der Waals surface area contributed by atoms with E-state index in [-0.39, 0.29) is 0 Å². The van der Waals surface area contributed by atoms with Crippen molar-refractivity contribution in [2.45, 2.75) is 32.7 Å². The Bertz CT molecular complexity index is 570. The molecule has 1 unspecified atom stereocenters. The minimum atomic E-state index is 0.363. The van der Waals surface area contributed by atoms with Crippen molar-refractivity contribution in [1.82, 2.24) is 0 Å². The van der Waals surface area contributed by atoms with Crippen molar-refractivity contribution in [3.05, 3.63) is 46.2 Å². The Hall–Kier alpha value is -1.48. The van der Waals surface area contributed by atoms with Gasteiger partial charge in [0.1, 0.15) is 0 Å². The van der Waals surface area contributed by atoms with Crippen LogP contribution in [0.5, 0.6) is 0 Å². The molecule has 0 bridgehead atoms. The van der Waals surface area contributed by atoms with Crippen LogP contribution in [0.15, 0.2) is 36.4 Å². The fourth-order valence-electron chi connectivity index (χ4n) is 2.77. The highest BCUT2D eigenvalue weighted by atomic mass is 32.1. The molecule has 1 aliphatic rings. The summed E-state index contributed by atoms with van der Waals surface area (Å²) >= 11 is 1.87. The molecule has 2 heterocycles. The topological polar surface area (TPSA) is 15.3 Å². The monoisotopic (exact) mass is 286 g/mol. The third-order valence-electron chi connectivity index (χ3n) is 3.89. The van der Waals surface area contributed by atoms with Gasteiger partial charge in [-0.05, 0) is 57.0 Å². The van der Waals surface area contributed by atoms with Crippen molar-refractivity contribution in [3.8, 4) is 0 Å². The molecule has 0 radical (unpaired) electrons. The lowest BCUT2D eigenvalue weighted by molar-refractivity contribution is 0.906. The van der Waals surface area contributed by atoms with Crippen LogP contribution < -0.4 is 10.2 Å². The maximum atomic E-state index is 3.62. The molecule has 2 aromatic rings. The van der Waals surface area contributed by atoms with E-state index < -0.39 is 0 Å². The lowest BCUT2D eigenvalue weighted by Crippen LogP contribution is -2.17. The van der Waals surface area contributed by atoms with Crippen molar-refractivity contribution < 1.29 is 0 Å². The SMILES string of the molecule is Cc1ccc(C(C)Nc2cccc(N3CCCC3)c2)s1. The van der Waals surface area contributed by atoms with Crippen LogP contribution in [0.2, 0.25) is 0 Å². The molecule has 1 N–H and O–H groups in total. The van der Waals surface area contributed by atoms with Crippen LogP contribution in [-0.2, 0) is 0 Å². The van der Waals surface area contributed by atoms with E-state index in [4.69, 9.17) is 0 Å². The van der Waals surface area contributed by atoms with Gasteiger partial charge in [0.05, 0.1) is 6.04 Å². The number of nitrogens with one attached hydrogen (secondary N) is 1. The van der Waals surface area contributed by atoms with Crippen LogP contribution in [0.3, 0.4) is 0 Å². The van der Waals surface area contributed by atoms with Crippen LogP contribution in [0.4, 0.5) is 11.4 Å². The summed E-state index contributed by atoms with van der Waals surface area (Å²) in [4.78, 5) is 5.25. The third kappa shape index (κ3) is 2.98. The van der Waals surface area contributed by atoms with Crippen molar-refractivity contribution in [3.63, 3.8) is 0 Å². The van der Waals surface area contributed by atoms with Gasteiger partial charge in [-0.2, -0.15) is 0 Å². The molecule has 106 valence electrons. The number of anilines is 2. The first-order chi connectivity index (χ1) is 9.72. The normalized spacial score (nSPS) is 16.4. The van der Waals surface area contributed by atoms with Crippen molar-refractivity contribution in [2.75, 3.05) is 23.3 Å². The molecule has 3 rings (SSSR count). The molecule has 1 atom stereocenters. The predicted octanol–water partition coefficient (Wildman–Crippen LogP) is 4.83. The van der Waals surface area contributed by atoms with Crippen LogP contribution >= 0.6 is 11.3 Å². The second-order valence-corrected chi connectivity index (χ2v) is 6.88. The van der Waals surface area contributed by atoms with Crippen molar-refractivity contribution >= 4 is 22.7 Å². The summed E-state index contributed by atoms with van der Waals surface area (Å²) in [5, 5.41) is 3.62. The van der Waals surface area contributed by atoms with E-state index in [1.54, 1.807) is 0 Å². The van der Waals surface area contributed by atoms with Crippen molar-refractivity contribution in [2.24, 2.45) is 0 Å². The van der Waals surface area contributed by atoms with Crippen LogP contribution in [-0.4, -0.2) is 13.1 Å². The third-order valence-corrected chi connectivity index (χ3v) is 5.07. The molecule has 1 saturated heterocycles. The van der Waals surface area contributed by atoms with Crippen LogP contribution in [0.1, 0.15) is 35.6 Å². The van der Waals surface area contributed by atoms with Gasteiger partial charge < -0.3 is 10.2 Å². The lowest BCUT2D eigenvalue weighted by atomic mass is 10.2. The number of benzene rings is 1. The maximum absolute atomic E-state index is 3.62. The average molecular weight is 286 g/mol. The molecule has 3 heteroatoms. The van der Waals surface area contributed by atoms with Gasteiger partial charge in [0.25, 0.3) is 0 Å². The molecular formula is C17H22N2S. The second kappa shape index (κ2) is 5.88. The molecule has 1 aliphatic heterocycles. The summed E-state index contributed by atoms with van der Waals surface area (Å²) in [6, 6.07) is 13.6. The Labute approximate surface area is 125 Å². The summed E-state index contributed by atoms with van der Waals surface area (Å²) in [5.74, 6) is 0. The van der Waals surface area contributed by atoms with Gasteiger partial charge in [-0.1, -0.05) is 6.07 Å². The summed E-state index contributed by atoms with van der Waals surface area (Å²) in [6.45, 7) is 6.79. The molecule has 1 aromatic carbocycles. The number of aryl methyl sites for hydroxylation is 1. The highest BCUT2D eigenvalue weighted by Crippen LogP contribution is 2.28. The van der Waals surface area contributed by atoms with Crippen molar-refractivity contribution in [1.29, 1.82) is 0 Å². The largest absolute Gasteiger partial charge is 0.378 e. The van der Waals surface area contributed by atoms with Gasteiger partial charge in [-0.15, -0.1) is 11.3 Å². The highest BCUT2D eigenvalue weighted by molar-refractivity contribution is 7.12. The molecule has 1 fully saturated rings. The number of thiophene rings is 1. The molecule has 0 aliphatic carbocycles.